The number of benzene rings is 1. The Morgan fingerprint density at radius 3 is 2.62 bits per heavy atom. The van der Waals surface area contributed by atoms with E-state index in [1.807, 2.05) is 4.72 Å². The monoisotopic (exact) mass is 334 g/mol. The predicted molar refractivity (Wildman–Crippen MR) is 74.7 cm³/mol. The van der Waals surface area contributed by atoms with Gasteiger partial charge in [-0.1, -0.05) is 17.7 Å². The third-order valence-electron chi connectivity index (χ3n) is 2.41. The van der Waals surface area contributed by atoms with E-state index < -0.39 is 31.9 Å². The van der Waals surface area contributed by atoms with Crippen LogP contribution in [0.1, 0.15) is 6.42 Å². The molecule has 8 nitrogen and oxygen atoms in total. The summed E-state index contributed by atoms with van der Waals surface area (Å²) in [6.45, 7) is 3.34. The first-order valence-corrected chi connectivity index (χ1v) is 7.35. The number of carboxylic acid groups (broad SMARTS) is 1. The van der Waals surface area contributed by atoms with E-state index in [4.69, 9.17) is 16.7 Å². The fourth-order valence-electron chi connectivity index (χ4n) is 1.44. The van der Waals surface area contributed by atoms with Crippen molar-refractivity contribution in [3.05, 3.63) is 46.0 Å². The van der Waals surface area contributed by atoms with Crippen molar-refractivity contribution in [3.8, 4) is 0 Å². The van der Waals surface area contributed by atoms with E-state index >= 15 is 0 Å². The molecule has 21 heavy (non-hydrogen) atoms. The van der Waals surface area contributed by atoms with Crippen LogP contribution >= 0.6 is 11.6 Å². The second-order valence-corrected chi connectivity index (χ2v) is 6.00. The summed E-state index contributed by atoms with van der Waals surface area (Å²) in [6.07, 6.45) is 1.12. The molecule has 0 aliphatic heterocycles. The molecule has 0 bridgehead atoms. The minimum absolute atomic E-state index is 0.126. The van der Waals surface area contributed by atoms with Gasteiger partial charge in [0.15, 0.2) is 0 Å². The molecule has 1 rings (SSSR count). The lowest BCUT2D eigenvalue weighted by Crippen LogP contribution is -2.40. The Bertz CT molecular complexity index is 688. The summed E-state index contributed by atoms with van der Waals surface area (Å²) < 4.78 is 26.1. The van der Waals surface area contributed by atoms with Gasteiger partial charge >= 0.3 is 5.97 Å². The van der Waals surface area contributed by atoms with Gasteiger partial charge in [0.2, 0.25) is 10.0 Å². The summed E-state index contributed by atoms with van der Waals surface area (Å²) in [5, 5.41) is 19.1. The summed E-state index contributed by atoms with van der Waals surface area (Å²) in [7, 11) is -4.23. The third-order valence-corrected chi connectivity index (χ3v) is 4.37. The number of nitro benzene ring substituents is 1. The van der Waals surface area contributed by atoms with E-state index in [2.05, 4.69) is 6.58 Å². The number of nitrogens with zero attached hydrogens (tertiary/aromatic N) is 1. The maximum atomic E-state index is 12.1. The van der Waals surface area contributed by atoms with Crippen molar-refractivity contribution in [3.63, 3.8) is 0 Å². The minimum Gasteiger partial charge on any atom is -0.480 e. The molecule has 0 heterocycles. The van der Waals surface area contributed by atoms with Crippen molar-refractivity contribution in [1.29, 1.82) is 0 Å². The first-order valence-electron chi connectivity index (χ1n) is 5.49. The van der Waals surface area contributed by atoms with Gasteiger partial charge in [-0.3, -0.25) is 14.9 Å². The predicted octanol–water partition coefficient (Wildman–Crippen LogP) is 1.56. The number of carboxylic acids is 1. The van der Waals surface area contributed by atoms with E-state index in [1.165, 1.54) is 6.08 Å². The highest BCUT2D eigenvalue weighted by Gasteiger charge is 2.27. The topological polar surface area (TPSA) is 127 Å². The standard InChI is InChI=1S/C11H11ClN2O6S/c1-2-3-9(11(15)16)13-21(19,20)10-5-4-7(14(17)18)6-8(10)12/h2,4-6,9,13H,1,3H2,(H,15,16). The molecule has 0 saturated carbocycles. The van der Waals surface area contributed by atoms with Gasteiger partial charge in [-0.25, -0.2) is 8.42 Å². The summed E-state index contributed by atoms with van der Waals surface area (Å²) >= 11 is 5.71. The largest absolute Gasteiger partial charge is 0.480 e. The molecule has 0 spiro atoms. The van der Waals surface area contributed by atoms with E-state index in [1.54, 1.807) is 0 Å². The lowest BCUT2D eigenvalue weighted by molar-refractivity contribution is -0.384. The highest BCUT2D eigenvalue weighted by atomic mass is 35.5. The van der Waals surface area contributed by atoms with Crippen LogP contribution < -0.4 is 4.72 Å². The van der Waals surface area contributed by atoms with Gasteiger partial charge in [0.25, 0.3) is 5.69 Å². The number of nitrogens with one attached hydrogen (secondary N) is 1. The maximum Gasteiger partial charge on any atom is 0.322 e. The molecule has 0 amide bonds. The average Bonchev–Trinajstić information content (AvgIpc) is 2.37. The van der Waals surface area contributed by atoms with Crippen LogP contribution in [0.25, 0.3) is 0 Å². The summed E-state index contributed by atoms with van der Waals surface area (Å²) in [5.74, 6) is -1.38. The lowest BCUT2D eigenvalue weighted by atomic mass is 10.2. The van der Waals surface area contributed by atoms with Gasteiger partial charge in [-0.15, -0.1) is 6.58 Å². The molecule has 1 atom stereocenters. The van der Waals surface area contributed by atoms with Gasteiger partial charge in [-0.05, 0) is 12.5 Å². The molecule has 10 heteroatoms. The molecule has 0 radical (unpaired) electrons. The number of hydrogen-bond acceptors (Lipinski definition) is 5. The Hall–Kier alpha value is -1.97. The molecule has 1 unspecified atom stereocenters. The highest BCUT2D eigenvalue weighted by Crippen LogP contribution is 2.26. The molecule has 2 N–H and O–H groups in total. The van der Waals surface area contributed by atoms with Crippen LogP contribution in [0.4, 0.5) is 5.69 Å². The molecule has 0 aromatic heterocycles. The van der Waals surface area contributed by atoms with Crippen molar-refractivity contribution < 1.29 is 23.2 Å². The van der Waals surface area contributed by atoms with Gasteiger partial charge in [-0.2, -0.15) is 4.72 Å². The van der Waals surface area contributed by atoms with Gasteiger partial charge in [0.05, 0.1) is 9.95 Å². The number of carbonyl (C=O) groups is 1. The van der Waals surface area contributed by atoms with Crippen LogP contribution in [0.15, 0.2) is 35.7 Å². The number of sulfonamides is 1. The fraction of sp³-hybridized carbons (Fsp3) is 0.182. The first kappa shape index (κ1) is 17.1. The normalized spacial score (nSPS) is 12.6. The molecule has 114 valence electrons. The zero-order chi connectivity index (χ0) is 16.2. The Balaban J connectivity index is 3.16. The van der Waals surface area contributed by atoms with Gasteiger partial charge in [0.1, 0.15) is 10.9 Å². The van der Waals surface area contributed by atoms with Crippen LogP contribution in [0.3, 0.4) is 0 Å². The van der Waals surface area contributed by atoms with Gasteiger partial charge in [0, 0.05) is 12.1 Å². The average molecular weight is 335 g/mol. The second-order valence-electron chi connectivity index (χ2n) is 3.91. The van der Waals surface area contributed by atoms with Crippen LogP contribution in [0.2, 0.25) is 5.02 Å². The van der Waals surface area contributed by atoms with Crippen LogP contribution in [-0.2, 0) is 14.8 Å². The number of non-ortho nitro benzene ring substituents is 1. The zero-order valence-electron chi connectivity index (χ0n) is 10.5. The van der Waals surface area contributed by atoms with Crippen molar-refractivity contribution in [1.82, 2.24) is 4.72 Å². The zero-order valence-corrected chi connectivity index (χ0v) is 12.1. The Morgan fingerprint density at radius 1 is 1.57 bits per heavy atom. The van der Waals surface area contributed by atoms with Gasteiger partial charge < -0.3 is 5.11 Å². The second kappa shape index (κ2) is 6.66. The number of rotatable bonds is 7. The number of halogens is 1. The quantitative estimate of drug-likeness (QED) is 0.442. The van der Waals surface area contributed by atoms with Crippen molar-refractivity contribution in [2.24, 2.45) is 0 Å². The summed E-state index contributed by atoms with van der Waals surface area (Å²) in [4.78, 5) is 20.3. The minimum atomic E-state index is -4.23. The van der Waals surface area contributed by atoms with Crippen molar-refractivity contribution in [2.45, 2.75) is 17.4 Å². The lowest BCUT2D eigenvalue weighted by Gasteiger charge is -2.13. The van der Waals surface area contributed by atoms with E-state index in [-0.39, 0.29) is 17.1 Å². The van der Waals surface area contributed by atoms with E-state index in [0.29, 0.717) is 0 Å². The molecular formula is C11H11ClN2O6S. The van der Waals surface area contributed by atoms with Crippen LogP contribution in [0.5, 0.6) is 0 Å². The smallest absolute Gasteiger partial charge is 0.322 e. The Morgan fingerprint density at radius 2 is 2.19 bits per heavy atom. The molecule has 0 saturated heterocycles. The molecule has 0 aliphatic carbocycles. The molecule has 1 aromatic carbocycles. The molecule has 1 aromatic rings. The number of hydrogen-bond donors (Lipinski definition) is 2. The molecule has 0 fully saturated rings. The fourth-order valence-corrected chi connectivity index (χ4v) is 3.18. The Kier molecular flexibility index (Phi) is 5.41. The van der Waals surface area contributed by atoms with Crippen molar-refractivity contribution in [2.75, 3.05) is 0 Å². The number of aliphatic carboxylic acids is 1. The van der Waals surface area contributed by atoms with E-state index in [9.17, 15) is 23.3 Å². The third kappa shape index (κ3) is 4.25. The van der Waals surface area contributed by atoms with E-state index in [0.717, 1.165) is 18.2 Å². The molecule has 0 aliphatic rings. The number of nitro groups is 1. The van der Waals surface area contributed by atoms with Crippen LogP contribution in [0, 0.1) is 10.1 Å². The Labute approximate surface area is 125 Å². The van der Waals surface area contributed by atoms with Crippen LogP contribution in [-0.4, -0.2) is 30.5 Å². The van der Waals surface area contributed by atoms with Crippen molar-refractivity contribution >= 4 is 33.3 Å². The highest BCUT2D eigenvalue weighted by molar-refractivity contribution is 7.89. The maximum absolute atomic E-state index is 12.1. The summed E-state index contributed by atoms with van der Waals surface area (Å²) in [6, 6.07) is 1.37. The molecular weight excluding hydrogens is 324 g/mol. The first-order chi connectivity index (χ1) is 9.69. The summed E-state index contributed by atoms with van der Waals surface area (Å²) in [5.41, 5.74) is -0.375. The SMILES string of the molecule is C=CCC(NS(=O)(=O)c1ccc([N+](=O)[O-])cc1Cl)C(=O)O.